The van der Waals surface area contributed by atoms with Gasteiger partial charge >= 0.3 is 0 Å². The molecule has 0 aromatic carbocycles. The summed E-state index contributed by atoms with van der Waals surface area (Å²) >= 11 is 0. The van der Waals surface area contributed by atoms with Crippen LogP contribution in [0.1, 0.15) is 31.5 Å². The van der Waals surface area contributed by atoms with E-state index < -0.39 is 0 Å². The van der Waals surface area contributed by atoms with E-state index in [4.69, 9.17) is 0 Å². The van der Waals surface area contributed by atoms with Crippen molar-refractivity contribution < 1.29 is 4.79 Å². The summed E-state index contributed by atoms with van der Waals surface area (Å²) in [7, 11) is 1.64. The zero-order valence-electron chi connectivity index (χ0n) is 9.86. The van der Waals surface area contributed by atoms with Gasteiger partial charge in [-0.25, -0.2) is 0 Å². The number of carbonyl (C=O) groups is 1. The summed E-state index contributed by atoms with van der Waals surface area (Å²) in [6.07, 6.45) is 3.82. The maximum atomic E-state index is 11.2. The van der Waals surface area contributed by atoms with Gasteiger partial charge in [-0.1, -0.05) is 19.4 Å². The third-order valence-corrected chi connectivity index (χ3v) is 2.41. The van der Waals surface area contributed by atoms with E-state index in [2.05, 4.69) is 22.5 Å². The highest BCUT2D eigenvalue weighted by Crippen LogP contribution is 2.15. The van der Waals surface area contributed by atoms with Gasteiger partial charge in [0.1, 0.15) is 0 Å². The molecule has 1 atom stereocenters. The molecular formula is C12H19N3O. The third-order valence-electron chi connectivity index (χ3n) is 2.41. The fourth-order valence-electron chi connectivity index (χ4n) is 1.53. The monoisotopic (exact) mass is 221 g/mol. The number of pyridine rings is 1. The number of likely N-dealkylation sites (N-methyl/N-ethyl adjacent to an activating group) is 1. The molecule has 1 unspecified atom stereocenters. The fraction of sp³-hybridized carbons (Fsp3) is 0.500. The SMILES string of the molecule is CCCC(NCC(=O)NC)c1ccccn1. The second-order valence-corrected chi connectivity index (χ2v) is 3.65. The molecule has 0 aliphatic rings. The highest BCUT2D eigenvalue weighted by molar-refractivity contribution is 5.77. The van der Waals surface area contributed by atoms with E-state index in [9.17, 15) is 4.79 Å². The fourth-order valence-corrected chi connectivity index (χ4v) is 1.53. The largest absolute Gasteiger partial charge is 0.358 e. The van der Waals surface area contributed by atoms with Gasteiger partial charge in [0.05, 0.1) is 12.2 Å². The van der Waals surface area contributed by atoms with Crippen LogP contribution >= 0.6 is 0 Å². The Morgan fingerprint density at radius 3 is 2.88 bits per heavy atom. The van der Waals surface area contributed by atoms with Crippen LogP contribution in [0.3, 0.4) is 0 Å². The van der Waals surface area contributed by atoms with Crippen molar-refractivity contribution in [2.75, 3.05) is 13.6 Å². The van der Waals surface area contributed by atoms with Gasteiger partial charge in [-0.2, -0.15) is 0 Å². The van der Waals surface area contributed by atoms with Crippen LogP contribution in [-0.4, -0.2) is 24.5 Å². The van der Waals surface area contributed by atoms with Crippen LogP contribution in [-0.2, 0) is 4.79 Å². The van der Waals surface area contributed by atoms with E-state index >= 15 is 0 Å². The van der Waals surface area contributed by atoms with Gasteiger partial charge in [0, 0.05) is 19.3 Å². The van der Waals surface area contributed by atoms with Gasteiger partial charge in [0.2, 0.25) is 5.91 Å². The maximum absolute atomic E-state index is 11.2. The van der Waals surface area contributed by atoms with Crippen molar-refractivity contribution in [2.24, 2.45) is 0 Å². The second-order valence-electron chi connectivity index (χ2n) is 3.65. The quantitative estimate of drug-likeness (QED) is 0.760. The summed E-state index contributed by atoms with van der Waals surface area (Å²) in [5.74, 6) is -0.00275. The van der Waals surface area contributed by atoms with E-state index in [1.165, 1.54) is 0 Å². The van der Waals surface area contributed by atoms with Crippen molar-refractivity contribution in [3.63, 3.8) is 0 Å². The molecule has 4 nitrogen and oxygen atoms in total. The average molecular weight is 221 g/mol. The lowest BCUT2D eigenvalue weighted by molar-refractivity contribution is -0.119. The molecule has 0 aliphatic heterocycles. The molecule has 4 heteroatoms. The van der Waals surface area contributed by atoms with Crippen molar-refractivity contribution in [1.29, 1.82) is 0 Å². The Hall–Kier alpha value is -1.42. The molecule has 16 heavy (non-hydrogen) atoms. The Labute approximate surface area is 96.5 Å². The number of hydrogen-bond acceptors (Lipinski definition) is 3. The zero-order valence-corrected chi connectivity index (χ0v) is 9.86. The predicted octanol–water partition coefficient (Wildman–Crippen LogP) is 1.26. The Balaban J connectivity index is 2.57. The van der Waals surface area contributed by atoms with Crippen LogP contribution in [0.2, 0.25) is 0 Å². The molecule has 0 radical (unpaired) electrons. The number of rotatable bonds is 6. The molecule has 2 N–H and O–H groups in total. The van der Waals surface area contributed by atoms with Gasteiger partial charge in [0.25, 0.3) is 0 Å². The molecule has 1 rings (SSSR count). The van der Waals surface area contributed by atoms with E-state index in [1.807, 2.05) is 18.2 Å². The molecule has 1 aromatic heterocycles. The first-order chi connectivity index (χ1) is 7.77. The summed E-state index contributed by atoms with van der Waals surface area (Å²) in [6.45, 7) is 2.45. The molecule has 1 heterocycles. The lowest BCUT2D eigenvalue weighted by atomic mass is 10.1. The average Bonchev–Trinajstić information content (AvgIpc) is 2.35. The minimum Gasteiger partial charge on any atom is -0.358 e. The molecular weight excluding hydrogens is 202 g/mol. The van der Waals surface area contributed by atoms with Crippen LogP contribution in [0.4, 0.5) is 0 Å². The van der Waals surface area contributed by atoms with Crippen molar-refractivity contribution >= 4 is 5.91 Å². The molecule has 0 aliphatic carbocycles. The summed E-state index contributed by atoms with van der Waals surface area (Å²) in [4.78, 5) is 15.5. The van der Waals surface area contributed by atoms with Gasteiger partial charge in [-0.15, -0.1) is 0 Å². The van der Waals surface area contributed by atoms with Gasteiger partial charge in [-0.3, -0.25) is 9.78 Å². The number of hydrogen-bond donors (Lipinski definition) is 2. The smallest absolute Gasteiger partial charge is 0.233 e. The molecule has 1 aromatic rings. The highest BCUT2D eigenvalue weighted by Gasteiger charge is 2.11. The Morgan fingerprint density at radius 1 is 1.50 bits per heavy atom. The van der Waals surface area contributed by atoms with Crippen molar-refractivity contribution in [2.45, 2.75) is 25.8 Å². The van der Waals surface area contributed by atoms with Gasteiger partial charge in [-0.05, 0) is 18.6 Å². The second kappa shape index (κ2) is 6.95. The molecule has 0 saturated carbocycles. The van der Waals surface area contributed by atoms with E-state index in [0.717, 1.165) is 18.5 Å². The topological polar surface area (TPSA) is 54.0 Å². The van der Waals surface area contributed by atoms with Crippen LogP contribution in [0.25, 0.3) is 0 Å². The first kappa shape index (κ1) is 12.6. The highest BCUT2D eigenvalue weighted by atomic mass is 16.1. The predicted molar refractivity (Wildman–Crippen MR) is 64.0 cm³/mol. The van der Waals surface area contributed by atoms with Crippen LogP contribution < -0.4 is 10.6 Å². The lowest BCUT2D eigenvalue weighted by Crippen LogP contribution is -2.34. The zero-order chi connectivity index (χ0) is 11.8. The first-order valence-corrected chi connectivity index (χ1v) is 5.62. The van der Waals surface area contributed by atoms with E-state index in [-0.39, 0.29) is 11.9 Å². The van der Waals surface area contributed by atoms with Crippen molar-refractivity contribution in [3.05, 3.63) is 30.1 Å². The van der Waals surface area contributed by atoms with Crippen molar-refractivity contribution in [1.82, 2.24) is 15.6 Å². The summed E-state index contributed by atoms with van der Waals surface area (Å²) in [6, 6.07) is 6.00. The molecule has 88 valence electrons. The Bertz CT molecular complexity index is 313. The third kappa shape index (κ3) is 3.98. The number of aromatic nitrogens is 1. The molecule has 0 saturated heterocycles. The minimum absolute atomic E-state index is 0.00275. The standard InChI is InChI=1S/C12H19N3O/c1-3-6-10(15-9-12(16)13-2)11-7-4-5-8-14-11/h4-5,7-8,10,15H,3,6,9H2,1-2H3,(H,13,16). The van der Waals surface area contributed by atoms with E-state index in [0.29, 0.717) is 6.54 Å². The van der Waals surface area contributed by atoms with Crippen LogP contribution in [0.5, 0.6) is 0 Å². The summed E-state index contributed by atoms with van der Waals surface area (Å²) in [5.41, 5.74) is 0.994. The summed E-state index contributed by atoms with van der Waals surface area (Å²) < 4.78 is 0. The number of carbonyl (C=O) groups excluding carboxylic acids is 1. The number of nitrogens with zero attached hydrogens (tertiary/aromatic N) is 1. The van der Waals surface area contributed by atoms with E-state index in [1.54, 1.807) is 13.2 Å². The Morgan fingerprint density at radius 2 is 2.31 bits per heavy atom. The maximum Gasteiger partial charge on any atom is 0.233 e. The van der Waals surface area contributed by atoms with Gasteiger partial charge in [0.15, 0.2) is 0 Å². The first-order valence-electron chi connectivity index (χ1n) is 5.62. The van der Waals surface area contributed by atoms with Crippen LogP contribution in [0.15, 0.2) is 24.4 Å². The summed E-state index contributed by atoms with van der Waals surface area (Å²) in [5, 5.41) is 5.81. The normalized spacial score (nSPS) is 12.1. The lowest BCUT2D eigenvalue weighted by Gasteiger charge is -2.16. The Kier molecular flexibility index (Phi) is 5.50. The molecule has 0 fully saturated rings. The van der Waals surface area contributed by atoms with Gasteiger partial charge < -0.3 is 10.6 Å². The molecule has 0 spiro atoms. The number of nitrogens with one attached hydrogen (secondary N) is 2. The minimum atomic E-state index is -0.00275. The number of amides is 1. The molecule has 1 amide bonds. The molecule has 0 bridgehead atoms. The van der Waals surface area contributed by atoms with Crippen molar-refractivity contribution in [3.8, 4) is 0 Å². The van der Waals surface area contributed by atoms with Crippen LogP contribution in [0, 0.1) is 0 Å².